The van der Waals surface area contributed by atoms with E-state index in [4.69, 9.17) is 5.11 Å². The fraction of sp³-hybridized carbons (Fsp3) is 0.118. The molecule has 1 heterocycles. The number of hydrogen-bond donors (Lipinski definition) is 3. The number of H-pyrrole nitrogens is 1. The number of hydrogen-bond acceptors (Lipinski definition) is 3. The summed E-state index contributed by atoms with van der Waals surface area (Å²) in [5.41, 5.74) is 2.61. The molecule has 0 amide bonds. The topological polar surface area (TPSA) is 99.3 Å². The number of fused-ring (bicyclic) bond motifs is 1. The maximum Gasteiger partial charge on any atom is 0.304 e. The molecule has 6 nitrogen and oxygen atoms in total. The van der Waals surface area contributed by atoms with Gasteiger partial charge in [-0.15, -0.1) is 0 Å². The average molecular weight is 344 g/mol. The van der Waals surface area contributed by atoms with E-state index in [1.807, 2.05) is 36.5 Å². The fourth-order valence-corrected chi connectivity index (χ4v) is 3.61. The van der Waals surface area contributed by atoms with Gasteiger partial charge in [0.2, 0.25) is 10.0 Å². The molecule has 1 aromatic heterocycles. The van der Waals surface area contributed by atoms with Crippen molar-refractivity contribution in [2.24, 2.45) is 0 Å². The molecule has 2 aromatic carbocycles. The molecule has 124 valence electrons. The van der Waals surface area contributed by atoms with Gasteiger partial charge in [0.25, 0.3) is 0 Å². The lowest BCUT2D eigenvalue weighted by Gasteiger charge is -2.09. The van der Waals surface area contributed by atoms with Crippen LogP contribution in [0.3, 0.4) is 0 Å². The molecule has 3 rings (SSSR count). The van der Waals surface area contributed by atoms with Gasteiger partial charge >= 0.3 is 5.97 Å². The summed E-state index contributed by atoms with van der Waals surface area (Å²) in [5.74, 6) is -1.05. The summed E-state index contributed by atoms with van der Waals surface area (Å²) in [6.07, 6.45) is 1.57. The first-order valence-corrected chi connectivity index (χ1v) is 8.84. The van der Waals surface area contributed by atoms with E-state index in [2.05, 4.69) is 9.71 Å². The molecule has 0 aliphatic rings. The minimum absolute atomic E-state index is 0.106. The zero-order chi connectivity index (χ0) is 17.2. The number of rotatable bonds is 6. The number of aromatic amines is 1. The molecule has 3 aromatic rings. The predicted octanol–water partition coefficient (Wildman–Crippen LogP) is 2.59. The van der Waals surface area contributed by atoms with Gasteiger partial charge in [0.15, 0.2) is 0 Å². The maximum absolute atomic E-state index is 12.3. The molecule has 3 N–H and O–H groups in total. The number of aliphatic carboxylic acids is 1. The Morgan fingerprint density at radius 2 is 1.92 bits per heavy atom. The van der Waals surface area contributed by atoms with Gasteiger partial charge in [0, 0.05) is 18.3 Å². The van der Waals surface area contributed by atoms with E-state index in [9.17, 15) is 13.2 Å². The molecule has 0 unspecified atom stereocenters. The second kappa shape index (κ2) is 6.46. The highest BCUT2D eigenvalue weighted by Crippen LogP contribution is 2.28. The molecule has 0 atom stereocenters. The number of carboxylic acids is 1. The Hall–Kier alpha value is -2.64. The molecule has 0 fully saturated rings. The van der Waals surface area contributed by atoms with Crippen LogP contribution in [-0.2, 0) is 14.8 Å². The van der Waals surface area contributed by atoms with Gasteiger partial charge in [-0.05, 0) is 29.1 Å². The molecule has 0 saturated heterocycles. The zero-order valence-electron chi connectivity index (χ0n) is 12.7. The van der Waals surface area contributed by atoms with E-state index < -0.39 is 16.0 Å². The Morgan fingerprint density at radius 3 is 2.71 bits per heavy atom. The molecular formula is C17H16N2O4S. The van der Waals surface area contributed by atoms with E-state index in [-0.39, 0.29) is 17.9 Å². The number of carbonyl (C=O) groups is 1. The van der Waals surface area contributed by atoms with Crippen molar-refractivity contribution in [2.75, 3.05) is 6.54 Å². The molecule has 0 aliphatic heterocycles. The van der Waals surface area contributed by atoms with Crippen molar-refractivity contribution < 1.29 is 18.3 Å². The SMILES string of the molecule is O=C(O)CCNS(=O)(=O)c1cccc(-c2cccc3cc[nH]c23)c1. The molecule has 0 spiro atoms. The van der Waals surface area contributed by atoms with Gasteiger partial charge in [-0.3, -0.25) is 4.79 Å². The van der Waals surface area contributed by atoms with Crippen molar-refractivity contribution in [3.05, 3.63) is 54.7 Å². The lowest BCUT2D eigenvalue weighted by atomic mass is 10.0. The Balaban J connectivity index is 1.95. The van der Waals surface area contributed by atoms with Crippen LogP contribution < -0.4 is 4.72 Å². The molecule has 0 bridgehead atoms. The molecule has 0 aliphatic carbocycles. The Bertz CT molecular complexity index is 993. The highest BCUT2D eigenvalue weighted by atomic mass is 32.2. The van der Waals surface area contributed by atoms with Crippen LogP contribution in [0.5, 0.6) is 0 Å². The quantitative estimate of drug-likeness (QED) is 0.640. The van der Waals surface area contributed by atoms with Crippen molar-refractivity contribution in [2.45, 2.75) is 11.3 Å². The Morgan fingerprint density at radius 1 is 1.12 bits per heavy atom. The second-order valence-electron chi connectivity index (χ2n) is 5.32. The van der Waals surface area contributed by atoms with Gasteiger partial charge in [0.1, 0.15) is 0 Å². The first-order chi connectivity index (χ1) is 11.5. The predicted molar refractivity (Wildman–Crippen MR) is 91.2 cm³/mol. The van der Waals surface area contributed by atoms with Gasteiger partial charge < -0.3 is 10.1 Å². The fourth-order valence-electron chi connectivity index (χ4n) is 2.53. The number of sulfonamides is 1. The smallest absolute Gasteiger partial charge is 0.304 e. The van der Waals surface area contributed by atoms with Crippen molar-refractivity contribution >= 4 is 26.9 Å². The van der Waals surface area contributed by atoms with Crippen LogP contribution in [0.25, 0.3) is 22.0 Å². The van der Waals surface area contributed by atoms with Crippen molar-refractivity contribution in [1.29, 1.82) is 0 Å². The lowest BCUT2D eigenvalue weighted by Crippen LogP contribution is -2.26. The van der Waals surface area contributed by atoms with E-state index in [1.54, 1.807) is 12.1 Å². The largest absolute Gasteiger partial charge is 0.481 e. The van der Waals surface area contributed by atoms with Crippen LogP contribution in [-0.4, -0.2) is 31.0 Å². The molecule has 0 saturated carbocycles. The summed E-state index contributed by atoms with van der Waals surface area (Å²) in [6.45, 7) is -0.145. The maximum atomic E-state index is 12.3. The van der Waals surface area contributed by atoms with Gasteiger partial charge in [0.05, 0.1) is 16.8 Å². The van der Waals surface area contributed by atoms with Gasteiger partial charge in [-0.1, -0.05) is 30.3 Å². The minimum Gasteiger partial charge on any atom is -0.481 e. The van der Waals surface area contributed by atoms with E-state index >= 15 is 0 Å². The third-order valence-corrected chi connectivity index (χ3v) is 5.13. The summed E-state index contributed by atoms with van der Waals surface area (Å²) >= 11 is 0. The van der Waals surface area contributed by atoms with Crippen molar-refractivity contribution in [3.63, 3.8) is 0 Å². The van der Waals surface area contributed by atoms with Gasteiger partial charge in [-0.25, -0.2) is 13.1 Å². The van der Waals surface area contributed by atoms with Crippen LogP contribution in [0.15, 0.2) is 59.6 Å². The summed E-state index contributed by atoms with van der Waals surface area (Å²) < 4.78 is 26.9. The summed E-state index contributed by atoms with van der Waals surface area (Å²) in [7, 11) is -3.75. The van der Waals surface area contributed by atoms with Crippen LogP contribution in [0.4, 0.5) is 0 Å². The third kappa shape index (κ3) is 3.32. The summed E-state index contributed by atoms with van der Waals surface area (Å²) in [5, 5.41) is 9.66. The standard InChI is InChI=1S/C17H16N2O4S/c20-16(21)8-10-19-24(22,23)14-5-1-4-13(11-14)15-6-2-3-12-7-9-18-17(12)15/h1-7,9,11,18-19H,8,10H2,(H,20,21). The lowest BCUT2D eigenvalue weighted by molar-refractivity contribution is -0.136. The number of para-hydroxylation sites is 1. The Labute approximate surface area is 139 Å². The minimum atomic E-state index is -3.75. The zero-order valence-corrected chi connectivity index (χ0v) is 13.5. The first-order valence-electron chi connectivity index (χ1n) is 7.35. The molecule has 7 heteroatoms. The number of carboxylic acid groups (broad SMARTS) is 1. The van der Waals surface area contributed by atoms with Crippen molar-refractivity contribution in [3.8, 4) is 11.1 Å². The highest BCUT2D eigenvalue weighted by Gasteiger charge is 2.15. The van der Waals surface area contributed by atoms with Crippen LogP contribution in [0.1, 0.15) is 6.42 Å². The molecular weight excluding hydrogens is 328 g/mol. The second-order valence-corrected chi connectivity index (χ2v) is 7.08. The number of benzene rings is 2. The average Bonchev–Trinajstić information content (AvgIpc) is 3.03. The van der Waals surface area contributed by atoms with E-state index in [0.717, 1.165) is 22.0 Å². The normalized spacial score (nSPS) is 11.7. The highest BCUT2D eigenvalue weighted by molar-refractivity contribution is 7.89. The first kappa shape index (κ1) is 16.2. The van der Waals surface area contributed by atoms with Crippen LogP contribution >= 0.6 is 0 Å². The molecule has 0 radical (unpaired) electrons. The summed E-state index contributed by atoms with van der Waals surface area (Å²) in [6, 6.07) is 14.3. The molecule has 24 heavy (non-hydrogen) atoms. The monoisotopic (exact) mass is 344 g/mol. The summed E-state index contributed by atoms with van der Waals surface area (Å²) in [4.78, 5) is 13.8. The van der Waals surface area contributed by atoms with E-state index in [0.29, 0.717) is 0 Å². The van der Waals surface area contributed by atoms with Crippen molar-refractivity contribution in [1.82, 2.24) is 9.71 Å². The third-order valence-electron chi connectivity index (χ3n) is 3.67. The van der Waals surface area contributed by atoms with E-state index in [1.165, 1.54) is 6.07 Å². The van der Waals surface area contributed by atoms with Crippen LogP contribution in [0, 0.1) is 0 Å². The van der Waals surface area contributed by atoms with Crippen LogP contribution in [0.2, 0.25) is 0 Å². The van der Waals surface area contributed by atoms with Gasteiger partial charge in [-0.2, -0.15) is 0 Å². The number of nitrogens with one attached hydrogen (secondary N) is 2. The number of aromatic nitrogens is 1. The Kier molecular flexibility index (Phi) is 4.37.